The summed E-state index contributed by atoms with van der Waals surface area (Å²) in [5, 5.41) is 0.0427. The first kappa shape index (κ1) is 9.85. The lowest BCUT2D eigenvalue weighted by atomic mass is 10.5. The maximum atomic E-state index is 11.5. The van der Waals surface area contributed by atoms with E-state index in [1.54, 1.807) is 6.92 Å². The Labute approximate surface area is 89.3 Å². The highest BCUT2D eigenvalue weighted by molar-refractivity contribution is 6.30. The summed E-state index contributed by atoms with van der Waals surface area (Å²) in [7, 11) is 1.42. The third-order valence-corrected chi connectivity index (χ3v) is 2.03. The standard InChI is InChI=1S/C8H7ClN4O2/c1-3-10-6-4(7(14)11-3)12-5(9)8(13-6)15-2/h1-2H3,(H,10,11,13,14). The van der Waals surface area contributed by atoms with E-state index in [0.29, 0.717) is 5.82 Å². The van der Waals surface area contributed by atoms with E-state index in [9.17, 15) is 4.79 Å². The number of ether oxygens (including phenoxy) is 1. The third kappa shape index (κ3) is 1.63. The van der Waals surface area contributed by atoms with Crippen molar-refractivity contribution in [3.05, 3.63) is 21.3 Å². The van der Waals surface area contributed by atoms with Gasteiger partial charge in [0.2, 0.25) is 0 Å². The van der Waals surface area contributed by atoms with Crippen molar-refractivity contribution in [2.24, 2.45) is 0 Å². The number of hydrogen-bond donors (Lipinski definition) is 1. The summed E-state index contributed by atoms with van der Waals surface area (Å²) in [5.41, 5.74) is -0.0431. The molecule has 7 heteroatoms. The van der Waals surface area contributed by atoms with Gasteiger partial charge in [0, 0.05) is 0 Å². The molecule has 78 valence electrons. The monoisotopic (exact) mass is 226 g/mol. The number of nitrogens with zero attached hydrogens (tertiary/aromatic N) is 3. The maximum Gasteiger partial charge on any atom is 0.279 e. The molecule has 0 aliphatic heterocycles. The molecule has 0 saturated heterocycles. The molecule has 0 fully saturated rings. The summed E-state index contributed by atoms with van der Waals surface area (Å²) in [6, 6.07) is 0. The van der Waals surface area contributed by atoms with E-state index in [2.05, 4.69) is 19.9 Å². The molecule has 0 aromatic carbocycles. The second kappa shape index (κ2) is 3.47. The van der Waals surface area contributed by atoms with E-state index >= 15 is 0 Å². The minimum atomic E-state index is -0.366. The van der Waals surface area contributed by atoms with Crippen LogP contribution in [-0.2, 0) is 0 Å². The lowest BCUT2D eigenvalue weighted by Gasteiger charge is -2.02. The van der Waals surface area contributed by atoms with Crippen molar-refractivity contribution in [3.8, 4) is 5.88 Å². The van der Waals surface area contributed by atoms with Crippen molar-refractivity contribution in [2.75, 3.05) is 7.11 Å². The molecule has 0 bridgehead atoms. The number of aromatic amines is 1. The number of aromatic nitrogens is 4. The van der Waals surface area contributed by atoms with Crippen molar-refractivity contribution >= 4 is 22.8 Å². The zero-order valence-corrected chi connectivity index (χ0v) is 8.79. The van der Waals surface area contributed by atoms with Crippen molar-refractivity contribution in [1.29, 1.82) is 0 Å². The van der Waals surface area contributed by atoms with Gasteiger partial charge in [-0.25, -0.2) is 9.97 Å². The third-order valence-electron chi connectivity index (χ3n) is 1.78. The molecule has 0 amide bonds. The van der Waals surface area contributed by atoms with Crippen LogP contribution < -0.4 is 10.3 Å². The minimum absolute atomic E-state index is 0.0427. The first-order valence-corrected chi connectivity index (χ1v) is 4.48. The van der Waals surface area contributed by atoms with Gasteiger partial charge < -0.3 is 9.72 Å². The summed E-state index contributed by atoms with van der Waals surface area (Å²) in [6.07, 6.45) is 0. The molecule has 0 spiro atoms. The Kier molecular flexibility index (Phi) is 2.28. The summed E-state index contributed by atoms with van der Waals surface area (Å²) in [5.74, 6) is 0.618. The molecule has 2 aromatic rings. The van der Waals surface area contributed by atoms with Gasteiger partial charge in [-0.05, 0) is 6.92 Å². The summed E-state index contributed by atoms with van der Waals surface area (Å²) in [4.78, 5) is 25.8. The Bertz CT molecular complexity index is 581. The van der Waals surface area contributed by atoms with Crippen LogP contribution in [0.4, 0.5) is 0 Å². The van der Waals surface area contributed by atoms with E-state index < -0.39 is 0 Å². The van der Waals surface area contributed by atoms with E-state index in [1.807, 2.05) is 0 Å². The van der Waals surface area contributed by atoms with Crippen molar-refractivity contribution in [3.63, 3.8) is 0 Å². The molecule has 2 heterocycles. The lowest BCUT2D eigenvalue weighted by Crippen LogP contribution is -2.12. The highest BCUT2D eigenvalue weighted by atomic mass is 35.5. The number of halogens is 1. The van der Waals surface area contributed by atoms with Gasteiger partial charge in [-0.15, -0.1) is 0 Å². The van der Waals surface area contributed by atoms with Gasteiger partial charge >= 0.3 is 0 Å². The normalized spacial score (nSPS) is 10.6. The van der Waals surface area contributed by atoms with Crippen molar-refractivity contribution in [1.82, 2.24) is 19.9 Å². The van der Waals surface area contributed by atoms with Gasteiger partial charge in [-0.3, -0.25) is 4.79 Å². The Morgan fingerprint density at radius 3 is 2.73 bits per heavy atom. The zero-order valence-electron chi connectivity index (χ0n) is 8.04. The molecular weight excluding hydrogens is 220 g/mol. The second-order valence-electron chi connectivity index (χ2n) is 2.85. The summed E-state index contributed by atoms with van der Waals surface area (Å²) < 4.78 is 4.88. The fraction of sp³-hybridized carbons (Fsp3) is 0.250. The quantitative estimate of drug-likeness (QED) is 0.774. The number of H-pyrrole nitrogens is 1. The molecule has 0 aliphatic carbocycles. The van der Waals surface area contributed by atoms with Crippen LogP contribution in [0.5, 0.6) is 5.88 Å². The maximum absolute atomic E-state index is 11.5. The predicted octanol–water partition coefficient (Wildman–Crippen LogP) is 0.684. The topological polar surface area (TPSA) is 80.8 Å². The van der Waals surface area contributed by atoms with Crippen LogP contribution in [0.2, 0.25) is 5.15 Å². The van der Waals surface area contributed by atoms with Gasteiger partial charge in [-0.2, -0.15) is 4.98 Å². The van der Waals surface area contributed by atoms with E-state index in [1.165, 1.54) is 7.11 Å². The van der Waals surface area contributed by atoms with Crippen molar-refractivity contribution < 1.29 is 4.74 Å². The largest absolute Gasteiger partial charge is 0.479 e. The van der Waals surface area contributed by atoms with Crippen LogP contribution in [0.15, 0.2) is 4.79 Å². The molecular formula is C8H7ClN4O2. The van der Waals surface area contributed by atoms with Gasteiger partial charge in [0.15, 0.2) is 16.3 Å². The number of methoxy groups -OCH3 is 1. The molecule has 6 nitrogen and oxygen atoms in total. The van der Waals surface area contributed by atoms with Gasteiger partial charge in [0.1, 0.15) is 5.82 Å². The van der Waals surface area contributed by atoms with E-state index in [0.717, 1.165) is 0 Å². The molecule has 1 N–H and O–H groups in total. The van der Waals surface area contributed by atoms with Crippen LogP contribution >= 0.6 is 11.6 Å². The second-order valence-corrected chi connectivity index (χ2v) is 3.21. The Morgan fingerprint density at radius 2 is 2.07 bits per heavy atom. The Hall–Kier alpha value is -1.69. The van der Waals surface area contributed by atoms with Crippen LogP contribution in [0.25, 0.3) is 11.2 Å². The number of hydrogen-bond acceptors (Lipinski definition) is 5. The minimum Gasteiger partial charge on any atom is -0.479 e. The van der Waals surface area contributed by atoms with E-state index in [4.69, 9.17) is 16.3 Å². The fourth-order valence-electron chi connectivity index (χ4n) is 1.16. The smallest absolute Gasteiger partial charge is 0.279 e. The Morgan fingerprint density at radius 1 is 1.33 bits per heavy atom. The average Bonchev–Trinajstić information content (AvgIpc) is 2.18. The first-order valence-electron chi connectivity index (χ1n) is 4.10. The zero-order chi connectivity index (χ0) is 11.0. The van der Waals surface area contributed by atoms with Crippen LogP contribution in [0.3, 0.4) is 0 Å². The average molecular weight is 227 g/mol. The number of aryl methyl sites for hydroxylation is 1. The molecule has 0 unspecified atom stereocenters. The van der Waals surface area contributed by atoms with Crippen LogP contribution in [0.1, 0.15) is 5.82 Å². The van der Waals surface area contributed by atoms with Crippen LogP contribution in [0, 0.1) is 6.92 Å². The summed E-state index contributed by atoms with van der Waals surface area (Å²) in [6.45, 7) is 1.66. The van der Waals surface area contributed by atoms with Gasteiger partial charge in [0.05, 0.1) is 7.11 Å². The van der Waals surface area contributed by atoms with E-state index in [-0.39, 0.29) is 27.8 Å². The lowest BCUT2D eigenvalue weighted by molar-refractivity contribution is 0.397. The fourth-order valence-corrected chi connectivity index (χ4v) is 1.37. The van der Waals surface area contributed by atoms with Crippen LogP contribution in [-0.4, -0.2) is 27.0 Å². The van der Waals surface area contributed by atoms with Gasteiger partial charge in [-0.1, -0.05) is 11.6 Å². The molecule has 0 aliphatic rings. The molecule has 2 rings (SSSR count). The molecule has 0 radical (unpaired) electrons. The molecule has 15 heavy (non-hydrogen) atoms. The molecule has 0 saturated carbocycles. The highest BCUT2D eigenvalue weighted by Crippen LogP contribution is 2.19. The predicted molar refractivity (Wildman–Crippen MR) is 54.3 cm³/mol. The number of fused-ring (bicyclic) bond motifs is 1. The first-order chi connectivity index (χ1) is 7.11. The Balaban J connectivity index is 2.87. The van der Waals surface area contributed by atoms with Crippen molar-refractivity contribution in [2.45, 2.75) is 6.92 Å². The number of rotatable bonds is 1. The summed E-state index contributed by atoms with van der Waals surface area (Å²) >= 11 is 5.74. The van der Waals surface area contributed by atoms with Gasteiger partial charge in [0.25, 0.3) is 11.4 Å². The SMILES string of the molecule is COc1nc2nc(C)[nH]c(=O)c2nc1Cl. The number of nitrogens with one attached hydrogen (secondary N) is 1. The highest BCUT2D eigenvalue weighted by Gasteiger charge is 2.10. The molecule has 2 aromatic heterocycles. The molecule has 0 atom stereocenters.